The van der Waals surface area contributed by atoms with E-state index >= 15 is 0 Å². The van der Waals surface area contributed by atoms with E-state index in [1.165, 1.54) is 22.6 Å². The van der Waals surface area contributed by atoms with E-state index in [4.69, 9.17) is 0 Å². The molecule has 5 nitrogen and oxygen atoms in total. The molecule has 1 atom stereocenters. The lowest BCUT2D eigenvalue weighted by Gasteiger charge is -2.34. The van der Waals surface area contributed by atoms with Crippen molar-refractivity contribution < 1.29 is 4.79 Å². The summed E-state index contributed by atoms with van der Waals surface area (Å²) in [7, 11) is 0. The summed E-state index contributed by atoms with van der Waals surface area (Å²) in [6, 6.07) is 10.6. The van der Waals surface area contributed by atoms with E-state index in [0.29, 0.717) is 6.54 Å². The third-order valence-corrected chi connectivity index (χ3v) is 6.55. The van der Waals surface area contributed by atoms with Crippen LogP contribution in [0.1, 0.15) is 29.5 Å². The summed E-state index contributed by atoms with van der Waals surface area (Å²) in [6.07, 6.45) is 3.36. The SMILES string of the molecule is CC1CCc2nc(NC(=O)CN3CCN(Cc4ccccc4)CC3)sc2C1. The average Bonchev–Trinajstić information content (AvgIpc) is 3.05. The number of anilines is 1. The molecule has 2 aliphatic rings. The summed E-state index contributed by atoms with van der Waals surface area (Å²) < 4.78 is 0. The van der Waals surface area contributed by atoms with Crippen molar-refractivity contribution in [2.75, 3.05) is 38.0 Å². The minimum atomic E-state index is 0.0608. The van der Waals surface area contributed by atoms with Crippen LogP contribution in [0.5, 0.6) is 0 Å². The molecule has 1 N–H and O–H groups in total. The maximum Gasteiger partial charge on any atom is 0.240 e. The van der Waals surface area contributed by atoms with Crippen LogP contribution in [-0.2, 0) is 24.2 Å². The van der Waals surface area contributed by atoms with E-state index in [1.54, 1.807) is 11.3 Å². The number of rotatable bonds is 5. The largest absolute Gasteiger partial charge is 0.301 e. The van der Waals surface area contributed by atoms with E-state index in [9.17, 15) is 4.79 Å². The van der Waals surface area contributed by atoms with Crippen molar-refractivity contribution in [3.8, 4) is 0 Å². The molecule has 1 aromatic carbocycles. The molecule has 0 saturated carbocycles. The number of carbonyl (C=O) groups excluding carboxylic acids is 1. The first-order valence-corrected chi connectivity index (χ1v) is 10.7. The van der Waals surface area contributed by atoms with Gasteiger partial charge in [0, 0.05) is 37.6 Å². The Morgan fingerprint density at radius 2 is 1.93 bits per heavy atom. The number of aryl methyl sites for hydroxylation is 1. The van der Waals surface area contributed by atoms with E-state index < -0.39 is 0 Å². The maximum absolute atomic E-state index is 12.4. The third-order valence-electron chi connectivity index (χ3n) is 5.51. The molecule has 6 heteroatoms. The molecule has 0 bridgehead atoms. The number of benzene rings is 1. The number of fused-ring (bicyclic) bond motifs is 1. The molecular weight excluding hydrogens is 356 g/mol. The zero-order valence-electron chi connectivity index (χ0n) is 16.0. The van der Waals surface area contributed by atoms with Crippen molar-refractivity contribution in [1.82, 2.24) is 14.8 Å². The molecule has 1 aliphatic carbocycles. The van der Waals surface area contributed by atoms with E-state index in [0.717, 1.165) is 56.6 Å². The van der Waals surface area contributed by atoms with Gasteiger partial charge in [0.25, 0.3) is 0 Å². The topological polar surface area (TPSA) is 48.5 Å². The number of hydrogen-bond donors (Lipinski definition) is 1. The first kappa shape index (κ1) is 18.6. The Balaban J connectivity index is 1.23. The highest BCUT2D eigenvalue weighted by Crippen LogP contribution is 2.32. The standard InChI is InChI=1S/C21H28N4OS/c1-16-7-8-18-19(13-16)27-21(22-18)23-20(26)15-25-11-9-24(10-12-25)14-17-5-3-2-4-6-17/h2-6,16H,7-15H2,1H3,(H,22,23,26). The molecule has 0 radical (unpaired) electrons. The maximum atomic E-state index is 12.4. The van der Waals surface area contributed by atoms with Gasteiger partial charge in [-0.3, -0.25) is 14.6 Å². The van der Waals surface area contributed by atoms with Gasteiger partial charge >= 0.3 is 0 Å². The van der Waals surface area contributed by atoms with Crippen molar-refractivity contribution in [3.05, 3.63) is 46.5 Å². The predicted molar refractivity (Wildman–Crippen MR) is 110 cm³/mol. The van der Waals surface area contributed by atoms with Gasteiger partial charge in [-0.05, 0) is 30.7 Å². The van der Waals surface area contributed by atoms with Crippen LogP contribution in [0.3, 0.4) is 0 Å². The summed E-state index contributed by atoms with van der Waals surface area (Å²) in [5.74, 6) is 0.791. The van der Waals surface area contributed by atoms with Crippen LogP contribution in [0.4, 0.5) is 5.13 Å². The molecule has 1 aliphatic heterocycles. The summed E-state index contributed by atoms with van der Waals surface area (Å²) >= 11 is 1.66. The molecule has 1 saturated heterocycles. The second-order valence-electron chi connectivity index (χ2n) is 7.82. The summed E-state index contributed by atoms with van der Waals surface area (Å²) in [6.45, 7) is 7.62. The molecular formula is C21H28N4OS. The van der Waals surface area contributed by atoms with E-state index in [1.807, 2.05) is 0 Å². The lowest BCUT2D eigenvalue weighted by molar-refractivity contribution is -0.117. The van der Waals surface area contributed by atoms with Crippen molar-refractivity contribution >= 4 is 22.4 Å². The van der Waals surface area contributed by atoms with Gasteiger partial charge in [-0.2, -0.15) is 0 Å². The van der Waals surface area contributed by atoms with Crippen molar-refractivity contribution in [3.63, 3.8) is 0 Å². The summed E-state index contributed by atoms with van der Waals surface area (Å²) in [4.78, 5) is 23.1. The summed E-state index contributed by atoms with van der Waals surface area (Å²) in [5.41, 5.74) is 2.55. The number of aromatic nitrogens is 1. The van der Waals surface area contributed by atoms with Gasteiger partial charge in [0.05, 0.1) is 12.2 Å². The van der Waals surface area contributed by atoms with Crippen molar-refractivity contribution in [2.45, 2.75) is 32.7 Å². The second kappa shape index (κ2) is 8.50. The fourth-order valence-electron chi connectivity index (χ4n) is 3.90. The van der Waals surface area contributed by atoms with Crippen LogP contribution in [0.2, 0.25) is 0 Å². The van der Waals surface area contributed by atoms with E-state index in [2.05, 4.69) is 57.4 Å². The Bertz CT molecular complexity index is 768. The smallest absolute Gasteiger partial charge is 0.240 e. The Labute approximate surface area is 165 Å². The minimum absolute atomic E-state index is 0.0608. The summed E-state index contributed by atoms with van der Waals surface area (Å²) in [5, 5.41) is 3.80. The Hall–Kier alpha value is -1.76. The molecule has 144 valence electrons. The molecule has 2 aromatic rings. The Kier molecular flexibility index (Phi) is 5.86. The predicted octanol–water partition coefficient (Wildman–Crippen LogP) is 3.02. The zero-order valence-corrected chi connectivity index (χ0v) is 16.8. The Morgan fingerprint density at radius 1 is 1.19 bits per heavy atom. The molecule has 1 fully saturated rings. The third kappa shape index (κ3) is 4.94. The minimum Gasteiger partial charge on any atom is -0.301 e. The average molecular weight is 385 g/mol. The first-order valence-electron chi connectivity index (χ1n) is 9.93. The zero-order chi connectivity index (χ0) is 18.6. The number of nitrogens with one attached hydrogen (secondary N) is 1. The van der Waals surface area contributed by atoms with Crippen LogP contribution in [0.25, 0.3) is 0 Å². The van der Waals surface area contributed by atoms with Crippen LogP contribution < -0.4 is 5.32 Å². The van der Waals surface area contributed by atoms with Crippen LogP contribution in [0, 0.1) is 5.92 Å². The molecule has 0 spiro atoms. The van der Waals surface area contributed by atoms with Gasteiger partial charge in [0.2, 0.25) is 5.91 Å². The van der Waals surface area contributed by atoms with Crippen LogP contribution in [0.15, 0.2) is 30.3 Å². The van der Waals surface area contributed by atoms with Gasteiger partial charge in [0.15, 0.2) is 5.13 Å². The fourth-order valence-corrected chi connectivity index (χ4v) is 5.09. The number of thiazole rings is 1. The number of hydrogen-bond acceptors (Lipinski definition) is 5. The lowest BCUT2D eigenvalue weighted by atomic mass is 9.93. The second-order valence-corrected chi connectivity index (χ2v) is 8.91. The van der Waals surface area contributed by atoms with Gasteiger partial charge in [0.1, 0.15) is 0 Å². The quantitative estimate of drug-likeness (QED) is 0.861. The molecule has 1 aromatic heterocycles. The van der Waals surface area contributed by atoms with Gasteiger partial charge in [-0.25, -0.2) is 4.98 Å². The van der Waals surface area contributed by atoms with Crippen LogP contribution in [-0.4, -0.2) is 53.4 Å². The number of piperazine rings is 1. The number of carbonyl (C=O) groups is 1. The molecule has 1 amide bonds. The highest BCUT2D eigenvalue weighted by Gasteiger charge is 2.22. The molecule has 4 rings (SSSR count). The normalized spacial score (nSPS) is 21.0. The molecule has 1 unspecified atom stereocenters. The lowest BCUT2D eigenvalue weighted by Crippen LogP contribution is -2.48. The Morgan fingerprint density at radius 3 is 2.70 bits per heavy atom. The van der Waals surface area contributed by atoms with E-state index in [-0.39, 0.29) is 5.91 Å². The fraction of sp³-hybridized carbons (Fsp3) is 0.524. The molecule has 27 heavy (non-hydrogen) atoms. The monoisotopic (exact) mass is 384 g/mol. The van der Waals surface area contributed by atoms with Crippen LogP contribution >= 0.6 is 11.3 Å². The van der Waals surface area contributed by atoms with Gasteiger partial charge in [-0.15, -0.1) is 11.3 Å². The highest BCUT2D eigenvalue weighted by atomic mass is 32.1. The van der Waals surface area contributed by atoms with Crippen molar-refractivity contribution in [1.29, 1.82) is 0 Å². The number of nitrogens with zero attached hydrogens (tertiary/aromatic N) is 3. The van der Waals surface area contributed by atoms with Gasteiger partial charge < -0.3 is 5.32 Å². The molecule has 2 heterocycles. The van der Waals surface area contributed by atoms with Crippen molar-refractivity contribution in [2.24, 2.45) is 5.92 Å². The number of amides is 1. The first-order chi connectivity index (χ1) is 13.2. The van der Waals surface area contributed by atoms with Gasteiger partial charge in [-0.1, -0.05) is 37.3 Å². The highest BCUT2D eigenvalue weighted by molar-refractivity contribution is 7.15.